The Morgan fingerprint density at radius 1 is 1.56 bits per heavy atom. The molecule has 0 aromatic carbocycles. The second-order valence-electron chi connectivity index (χ2n) is 3.32. The van der Waals surface area contributed by atoms with Crippen LogP contribution >= 0.6 is 18.5 Å². The van der Waals surface area contributed by atoms with E-state index in [2.05, 4.69) is 4.98 Å². The van der Waals surface area contributed by atoms with Crippen molar-refractivity contribution in [2.24, 2.45) is 0 Å². The van der Waals surface area contributed by atoms with Gasteiger partial charge in [0.05, 0.1) is 0 Å². The standard InChI is InChI=1S/C9H15N2O3PS/c1-3-15(13,4-2)6-14-8(12)7-5-16-9(10)11-7/h5H,3-4,6H2,1-2H3,(H2,10,11). The molecule has 0 atom stereocenters. The highest BCUT2D eigenvalue weighted by atomic mass is 32.1. The molecule has 5 nitrogen and oxygen atoms in total. The first-order valence-corrected chi connectivity index (χ1v) is 8.10. The van der Waals surface area contributed by atoms with Crippen molar-refractivity contribution in [2.75, 3.05) is 24.4 Å². The Labute approximate surface area is 98.4 Å². The average molecular weight is 262 g/mol. The fourth-order valence-corrected chi connectivity index (χ4v) is 2.74. The molecular formula is C9H15N2O3PS. The van der Waals surface area contributed by atoms with Crippen LogP contribution in [0.3, 0.4) is 0 Å². The minimum atomic E-state index is -2.35. The summed E-state index contributed by atoms with van der Waals surface area (Å²) in [6.45, 7) is 3.66. The highest BCUT2D eigenvalue weighted by Crippen LogP contribution is 2.44. The van der Waals surface area contributed by atoms with Gasteiger partial charge in [-0.2, -0.15) is 0 Å². The van der Waals surface area contributed by atoms with Crippen molar-refractivity contribution in [1.82, 2.24) is 4.98 Å². The van der Waals surface area contributed by atoms with E-state index in [9.17, 15) is 9.36 Å². The molecule has 0 saturated carbocycles. The number of hydrogen-bond acceptors (Lipinski definition) is 6. The van der Waals surface area contributed by atoms with Gasteiger partial charge in [-0.05, 0) is 0 Å². The summed E-state index contributed by atoms with van der Waals surface area (Å²) >= 11 is 1.17. The summed E-state index contributed by atoms with van der Waals surface area (Å²) in [6.07, 6.45) is 1.06. The smallest absolute Gasteiger partial charge is 0.358 e. The molecule has 7 heteroatoms. The number of thiazole rings is 1. The number of aromatic nitrogens is 1. The Balaban J connectivity index is 2.56. The molecule has 0 fully saturated rings. The quantitative estimate of drug-likeness (QED) is 0.650. The van der Waals surface area contributed by atoms with Gasteiger partial charge in [-0.3, -0.25) is 0 Å². The zero-order chi connectivity index (χ0) is 12.2. The van der Waals surface area contributed by atoms with Crippen LogP contribution in [0.4, 0.5) is 5.13 Å². The van der Waals surface area contributed by atoms with Crippen molar-refractivity contribution in [3.63, 3.8) is 0 Å². The largest absolute Gasteiger partial charge is 0.453 e. The molecular weight excluding hydrogens is 247 g/mol. The molecule has 1 rings (SSSR count). The maximum Gasteiger partial charge on any atom is 0.358 e. The van der Waals surface area contributed by atoms with Crippen LogP contribution in [0.15, 0.2) is 5.38 Å². The normalized spacial score (nSPS) is 11.4. The number of anilines is 1. The van der Waals surface area contributed by atoms with E-state index >= 15 is 0 Å². The minimum absolute atomic E-state index is 0.0176. The first-order chi connectivity index (χ1) is 7.50. The topological polar surface area (TPSA) is 82.3 Å². The van der Waals surface area contributed by atoms with Crippen LogP contribution in [-0.2, 0) is 9.30 Å². The number of ether oxygens (including phenoxy) is 1. The summed E-state index contributed by atoms with van der Waals surface area (Å²) in [5, 5.41) is 1.85. The molecule has 1 heterocycles. The summed E-state index contributed by atoms with van der Waals surface area (Å²) in [6, 6.07) is 0. The van der Waals surface area contributed by atoms with Crippen LogP contribution in [0.2, 0.25) is 0 Å². The number of carbonyl (C=O) groups excluding carboxylic acids is 1. The number of nitrogens with zero attached hydrogens (tertiary/aromatic N) is 1. The second kappa shape index (κ2) is 5.46. The summed E-state index contributed by atoms with van der Waals surface area (Å²) in [5.74, 6) is -0.560. The molecule has 0 unspecified atom stereocenters. The Morgan fingerprint density at radius 3 is 2.62 bits per heavy atom. The summed E-state index contributed by atoms with van der Waals surface area (Å²) < 4.78 is 16.9. The molecule has 2 N–H and O–H groups in total. The highest BCUT2D eigenvalue weighted by molar-refractivity contribution is 7.63. The minimum Gasteiger partial charge on any atom is -0.453 e. The van der Waals surface area contributed by atoms with Gasteiger partial charge in [-0.1, -0.05) is 13.8 Å². The Bertz CT molecular complexity index is 411. The van der Waals surface area contributed by atoms with Crippen molar-refractivity contribution < 1.29 is 14.1 Å². The monoisotopic (exact) mass is 262 g/mol. The molecule has 0 spiro atoms. The van der Waals surface area contributed by atoms with Crippen molar-refractivity contribution in [3.05, 3.63) is 11.1 Å². The lowest BCUT2D eigenvalue weighted by atomic mass is 10.5. The van der Waals surface area contributed by atoms with Gasteiger partial charge >= 0.3 is 5.97 Å². The van der Waals surface area contributed by atoms with Gasteiger partial charge in [-0.25, -0.2) is 9.78 Å². The van der Waals surface area contributed by atoms with Gasteiger partial charge in [0.25, 0.3) is 0 Å². The summed E-state index contributed by atoms with van der Waals surface area (Å²) in [7, 11) is -2.35. The molecule has 0 bridgehead atoms. The number of rotatable bonds is 5. The van der Waals surface area contributed by atoms with Crippen LogP contribution in [0.5, 0.6) is 0 Å². The van der Waals surface area contributed by atoms with E-state index in [1.165, 1.54) is 16.7 Å². The molecule has 0 radical (unpaired) electrons. The van der Waals surface area contributed by atoms with Crippen molar-refractivity contribution >= 4 is 29.6 Å². The van der Waals surface area contributed by atoms with E-state index < -0.39 is 13.1 Å². The number of esters is 1. The van der Waals surface area contributed by atoms with Gasteiger partial charge in [0.15, 0.2) is 10.8 Å². The van der Waals surface area contributed by atoms with E-state index in [0.717, 1.165) is 0 Å². The third-order valence-corrected chi connectivity index (χ3v) is 5.89. The van der Waals surface area contributed by atoms with Crippen LogP contribution in [0.1, 0.15) is 24.3 Å². The van der Waals surface area contributed by atoms with Crippen molar-refractivity contribution in [3.8, 4) is 0 Å². The maximum atomic E-state index is 12.0. The first-order valence-electron chi connectivity index (χ1n) is 4.96. The molecule has 90 valence electrons. The van der Waals surface area contributed by atoms with Crippen molar-refractivity contribution in [2.45, 2.75) is 13.8 Å². The summed E-state index contributed by atoms with van der Waals surface area (Å²) in [5.41, 5.74) is 5.58. The van der Waals surface area contributed by atoms with Gasteiger partial charge in [0, 0.05) is 17.7 Å². The van der Waals surface area contributed by atoms with Crippen LogP contribution in [-0.4, -0.2) is 29.6 Å². The van der Waals surface area contributed by atoms with E-state index in [-0.39, 0.29) is 12.0 Å². The average Bonchev–Trinajstić information content (AvgIpc) is 2.72. The van der Waals surface area contributed by atoms with Crippen molar-refractivity contribution in [1.29, 1.82) is 0 Å². The zero-order valence-electron chi connectivity index (χ0n) is 9.30. The second-order valence-corrected chi connectivity index (χ2v) is 7.85. The lowest BCUT2D eigenvalue weighted by Gasteiger charge is -2.13. The predicted octanol–water partition coefficient (Wildman–Crippen LogP) is 2.24. The molecule has 1 aromatic rings. The number of carbonyl (C=O) groups is 1. The fourth-order valence-electron chi connectivity index (χ4n) is 1.04. The van der Waals surface area contributed by atoms with Crippen LogP contribution < -0.4 is 5.73 Å². The Morgan fingerprint density at radius 2 is 2.19 bits per heavy atom. The fraction of sp³-hybridized carbons (Fsp3) is 0.556. The number of nitrogens with two attached hydrogens (primary N) is 1. The van der Waals surface area contributed by atoms with E-state index in [4.69, 9.17) is 10.5 Å². The van der Waals surface area contributed by atoms with Crippen LogP contribution in [0, 0.1) is 0 Å². The van der Waals surface area contributed by atoms with Gasteiger partial charge in [0.1, 0.15) is 13.5 Å². The maximum absolute atomic E-state index is 12.0. The third kappa shape index (κ3) is 3.32. The highest BCUT2D eigenvalue weighted by Gasteiger charge is 2.21. The van der Waals surface area contributed by atoms with E-state index in [1.54, 1.807) is 0 Å². The Kier molecular flexibility index (Phi) is 4.50. The van der Waals surface area contributed by atoms with Crippen LogP contribution in [0.25, 0.3) is 0 Å². The summed E-state index contributed by atoms with van der Waals surface area (Å²) in [4.78, 5) is 15.3. The first kappa shape index (κ1) is 13.2. The molecule has 0 amide bonds. The molecule has 0 aliphatic heterocycles. The molecule has 1 aromatic heterocycles. The SMILES string of the molecule is CCP(=O)(CC)COC(=O)c1csc(N)n1. The van der Waals surface area contributed by atoms with E-state index in [0.29, 0.717) is 17.5 Å². The van der Waals surface area contributed by atoms with Gasteiger partial charge in [-0.15, -0.1) is 11.3 Å². The molecule has 16 heavy (non-hydrogen) atoms. The molecule has 0 aliphatic carbocycles. The predicted molar refractivity (Wildman–Crippen MR) is 65.5 cm³/mol. The van der Waals surface area contributed by atoms with E-state index in [1.807, 2.05) is 13.8 Å². The van der Waals surface area contributed by atoms with Gasteiger partial charge in [0.2, 0.25) is 0 Å². The molecule has 0 saturated heterocycles. The number of nitrogen functional groups attached to an aromatic ring is 1. The lowest BCUT2D eigenvalue weighted by molar-refractivity contribution is 0.0564. The third-order valence-electron chi connectivity index (χ3n) is 2.31. The number of hydrogen-bond donors (Lipinski definition) is 1. The van der Waals surface area contributed by atoms with Gasteiger partial charge < -0.3 is 15.0 Å². The lowest BCUT2D eigenvalue weighted by Crippen LogP contribution is -2.09. The Hall–Kier alpha value is -0.870. The molecule has 0 aliphatic rings. The zero-order valence-corrected chi connectivity index (χ0v) is 11.0.